The van der Waals surface area contributed by atoms with E-state index in [-0.39, 0.29) is 11.8 Å². The molecule has 0 N–H and O–H groups in total. The minimum atomic E-state index is -3.25. The maximum atomic E-state index is 13.0. The molecule has 1 aromatic carbocycles. The lowest BCUT2D eigenvalue weighted by Gasteiger charge is -2.40. The summed E-state index contributed by atoms with van der Waals surface area (Å²) < 4.78 is 26.0. The molecule has 2 aliphatic heterocycles. The van der Waals surface area contributed by atoms with Crippen molar-refractivity contribution in [3.63, 3.8) is 0 Å². The van der Waals surface area contributed by atoms with Crippen molar-refractivity contribution in [3.8, 4) is 0 Å². The molecule has 0 radical (unpaired) electrons. The molecule has 3 rings (SSSR count). The highest BCUT2D eigenvalue weighted by Crippen LogP contribution is 2.23. The number of hydrogen-bond donors (Lipinski definition) is 0. The second-order valence-corrected chi connectivity index (χ2v) is 10.5. The third-order valence-corrected chi connectivity index (χ3v) is 8.01. The van der Waals surface area contributed by atoms with Gasteiger partial charge in [-0.3, -0.25) is 4.90 Å². The average Bonchev–Trinajstić information content (AvgIpc) is 2.64. The van der Waals surface area contributed by atoms with Gasteiger partial charge in [0, 0.05) is 12.6 Å². The van der Waals surface area contributed by atoms with Gasteiger partial charge in [-0.25, -0.2) is 8.42 Å². The van der Waals surface area contributed by atoms with Crippen molar-refractivity contribution in [2.45, 2.75) is 50.5 Å². The second kappa shape index (κ2) is 8.85. The van der Waals surface area contributed by atoms with Crippen molar-refractivity contribution in [2.24, 2.45) is 11.8 Å². The zero-order chi connectivity index (χ0) is 18.6. The first-order chi connectivity index (χ1) is 12.4. The van der Waals surface area contributed by atoms with E-state index >= 15 is 0 Å². The van der Waals surface area contributed by atoms with Crippen LogP contribution in [0.4, 0.5) is 0 Å². The van der Waals surface area contributed by atoms with E-state index in [4.69, 9.17) is 0 Å². The van der Waals surface area contributed by atoms with Crippen molar-refractivity contribution in [1.82, 2.24) is 9.80 Å². The van der Waals surface area contributed by atoms with Gasteiger partial charge in [0.15, 0.2) is 9.84 Å². The zero-order valence-corrected chi connectivity index (χ0v) is 17.1. The summed E-state index contributed by atoms with van der Waals surface area (Å²) in [4.78, 5) is 5.39. The smallest absolute Gasteiger partial charge is 0.179 e. The van der Waals surface area contributed by atoms with Crippen LogP contribution >= 0.6 is 0 Å². The van der Waals surface area contributed by atoms with E-state index in [1.54, 1.807) is 12.1 Å². The van der Waals surface area contributed by atoms with Crippen LogP contribution < -0.4 is 0 Å². The molecule has 0 aliphatic carbocycles. The van der Waals surface area contributed by atoms with Crippen LogP contribution in [0.3, 0.4) is 0 Å². The lowest BCUT2D eigenvalue weighted by atomic mass is 9.97. The van der Waals surface area contributed by atoms with E-state index in [0.717, 1.165) is 44.6 Å². The highest BCUT2D eigenvalue weighted by molar-refractivity contribution is 7.91. The summed E-state index contributed by atoms with van der Waals surface area (Å²) in [6, 6.07) is 9.06. The van der Waals surface area contributed by atoms with Gasteiger partial charge in [0.1, 0.15) is 0 Å². The zero-order valence-electron chi connectivity index (χ0n) is 16.3. The molecular formula is C21H34N2O2S. The molecule has 0 spiro atoms. The summed E-state index contributed by atoms with van der Waals surface area (Å²) in [5, 5.41) is 0. The van der Waals surface area contributed by atoms with Gasteiger partial charge in [-0.2, -0.15) is 0 Å². The van der Waals surface area contributed by atoms with Crippen molar-refractivity contribution >= 4 is 9.84 Å². The summed E-state index contributed by atoms with van der Waals surface area (Å²) in [5.41, 5.74) is 0. The summed E-state index contributed by atoms with van der Waals surface area (Å²) in [6.07, 6.45) is 4.82. The fourth-order valence-corrected chi connectivity index (χ4v) is 5.77. The van der Waals surface area contributed by atoms with Gasteiger partial charge in [-0.15, -0.1) is 0 Å². The molecule has 5 heteroatoms. The minimum absolute atomic E-state index is 0.0983. The van der Waals surface area contributed by atoms with Crippen LogP contribution in [-0.2, 0) is 9.84 Å². The number of hydrogen-bond acceptors (Lipinski definition) is 4. The number of rotatable bonds is 6. The predicted octanol–water partition coefficient (Wildman–Crippen LogP) is 3.29. The molecule has 2 fully saturated rings. The van der Waals surface area contributed by atoms with Crippen LogP contribution in [0.2, 0.25) is 0 Å². The number of nitrogens with zero attached hydrogens (tertiary/aromatic N) is 2. The van der Waals surface area contributed by atoms with E-state index in [9.17, 15) is 8.42 Å². The third kappa shape index (κ3) is 5.30. The van der Waals surface area contributed by atoms with Crippen molar-refractivity contribution in [2.75, 3.05) is 38.5 Å². The monoisotopic (exact) mass is 378 g/mol. The van der Waals surface area contributed by atoms with Gasteiger partial charge in [-0.05, 0) is 75.8 Å². The SMILES string of the molecule is CC1CCN(C[C@@H](CS(=O)(=O)c2ccccc2)N2CCC(C)CC2)CC1. The molecule has 2 heterocycles. The lowest BCUT2D eigenvalue weighted by molar-refractivity contribution is 0.0974. The van der Waals surface area contributed by atoms with Crippen LogP contribution in [0.5, 0.6) is 0 Å². The van der Waals surface area contributed by atoms with Crippen LogP contribution in [-0.4, -0.2) is 62.7 Å². The highest BCUT2D eigenvalue weighted by Gasteiger charge is 2.30. The molecule has 2 aliphatic rings. The van der Waals surface area contributed by atoms with Crippen molar-refractivity contribution in [3.05, 3.63) is 30.3 Å². The fraction of sp³-hybridized carbons (Fsp3) is 0.714. The molecule has 0 saturated carbocycles. The molecule has 26 heavy (non-hydrogen) atoms. The first-order valence-electron chi connectivity index (χ1n) is 10.2. The van der Waals surface area contributed by atoms with Gasteiger partial charge in [0.05, 0.1) is 10.6 Å². The molecule has 4 nitrogen and oxygen atoms in total. The van der Waals surface area contributed by atoms with Crippen LogP contribution in [0.15, 0.2) is 35.2 Å². The first kappa shape index (κ1) is 19.8. The van der Waals surface area contributed by atoms with E-state index in [0.29, 0.717) is 4.90 Å². The fourth-order valence-electron chi connectivity index (χ4n) is 4.19. The third-order valence-electron chi connectivity index (χ3n) is 6.19. The van der Waals surface area contributed by atoms with Crippen molar-refractivity contribution in [1.29, 1.82) is 0 Å². The Kier molecular flexibility index (Phi) is 6.76. The van der Waals surface area contributed by atoms with Gasteiger partial charge >= 0.3 is 0 Å². The second-order valence-electron chi connectivity index (χ2n) is 8.45. The number of benzene rings is 1. The molecule has 0 amide bonds. The van der Waals surface area contributed by atoms with E-state index in [2.05, 4.69) is 23.6 Å². The van der Waals surface area contributed by atoms with Crippen LogP contribution in [0.25, 0.3) is 0 Å². The standard InChI is InChI=1S/C21H34N2O2S/c1-18-8-12-22(13-9-18)16-20(23-14-10-19(2)11-15-23)17-26(24,25)21-6-4-3-5-7-21/h3-7,18-20H,8-17H2,1-2H3/t20-/m0/s1. The molecule has 146 valence electrons. The molecule has 1 atom stereocenters. The molecule has 0 unspecified atom stereocenters. The summed E-state index contributed by atoms with van der Waals surface area (Å²) in [7, 11) is -3.25. The van der Waals surface area contributed by atoms with Gasteiger partial charge < -0.3 is 4.90 Å². The summed E-state index contributed by atoms with van der Waals surface area (Å²) in [6.45, 7) is 9.77. The Labute approximate surface area is 159 Å². The van der Waals surface area contributed by atoms with Crippen molar-refractivity contribution < 1.29 is 8.42 Å². The highest BCUT2D eigenvalue weighted by atomic mass is 32.2. The predicted molar refractivity (Wildman–Crippen MR) is 107 cm³/mol. The minimum Gasteiger partial charge on any atom is -0.302 e. The number of sulfone groups is 1. The van der Waals surface area contributed by atoms with E-state index in [1.807, 2.05) is 18.2 Å². The summed E-state index contributed by atoms with van der Waals surface area (Å²) >= 11 is 0. The average molecular weight is 379 g/mol. The molecular weight excluding hydrogens is 344 g/mol. The lowest BCUT2D eigenvalue weighted by Crippen LogP contribution is -2.51. The molecule has 2 saturated heterocycles. The topological polar surface area (TPSA) is 40.6 Å². The molecule has 0 aromatic heterocycles. The largest absolute Gasteiger partial charge is 0.302 e. The Morgan fingerprint density at radius 2 is 1.46 bits per heavy atom. The Bertz CT molecular complexity index is 646. The van der Waals surface area contributed by atoms with Crippen LogP contribution in [0, 0.1) is 11.8 Å². The molecule has 0 bridgehead atoms. The quantitative estimate of drug-likeness (QED) is 0.762. The van der Waals surface area contributed by atoms with Gasteiger partial charge in [0.2, 0.25) is 0 Å². The van der Waals surface area contributed by atoms with E-state index < -0.39 is 9.84 Å². The number of piperidine rings is 2. The Morgan fingerprint density at radius 1 is 0.923 bits per heavy atom. The maximum absolute atomic E-state index is 13.0. The Balaban J connectivity index is 1.72. The van der Waals surface area contributed by atoms with Gasteiger partial charge in [-0.1, -0.05) is 32.0 Å². The Morgan fingerprint density at radius 3 is 2.04 bits per heavy atom. The van der Waals surface area contributed by atoms with Crippen LogP contribution in [0.1, 0.15) is 39.5 Å². The maximum Gasteiger partial charge on any atom is 0.179 e. The van der Waals surface area contributed by atoms with Gasteiger partial charge in [0.25, 0.3) is 0 Å². The normalized spacial score (nSPS) is 23.2. The Hall–Kier alpha value is -0.910. The number of likely N-dealkylation sites (tertiary alicyclic amines) is 2. The molecule has 1 aromatic rings. The first-order valence-corrected chi connectivity index (χ1v) is 11.8. The summed E-state index contributed by atoms with van der Waals surface area (Å²) in [5.74, 6) is 1.79. The van der Waals surface area contributed by atoms with E-state index in [1.165, 1.54) is 25.7 Å².